The van der Waals surface area contributed by atoms with E-state index in [9.17, 15) is 5.11 Å². The molecule has 1 N–H and O–H groups in total. The van der Waals surface area contributed by atoms with Gasteiger partial charge in [0, 0.05) is 19.6 Å². The topological polar surface area (TPSA) is 47.9 Å². The highest BCUT2D eigenvalue weighted by atomic mass is 28.4. The summed E-state index contributed by atoms with van der Waals surface area (Å²) >= 11 is 0. The predicted octanol–water partition coefficient (Wildman–Crippen LogP) is 8.00. The molecule has 0 aliphatic carbocycles. The molecule has 4 nitrogen and oxygen atoms in total. The van der Waals surface area contributed by atoms with Crippen molar-refractivity contribution in [2.75, 3.05) is 19.4 Å². The number of hydrogen-bond acceptors (Lipinski definition) is 4. The van der Waals surface area contributed by atoms with Gasteiger partial charge in [0.1, 0.15) is 0 Å². The Kier molecular flexibility index (Phi) is 11.0. The van der Waals surface area contributed by atoms with Crippen molar-refractivity contribution in [2.24, 2.45) is 0 Å². The molecule has 2 atom stereocenters. The molecule has 0 bridgehead atoms. The Balaban J connectivity index is 2.01. The van der Waals surface area contributed by atoms with Crippen molar-refractivity contribution in [3.05, 3.63) is 71.3 Å². The van der Waals surface area contributed by atoms with Crippen molar-refractivity contribution in [3.63, 3.8) is 0 Å². The highest BCUT2D eigenvalue weighted by Gasteiger charge is 2.43. The van der Waals surface area contributed by atoms with Crippen molar-refractivity contribution < 1.29 is 18.7 Å². The fourth-order valence-electron chi connectivity index (χ4n) is 3.92. The fourth-order valence-corrected chi connectivity index (χ4v) is 6.96. The van der Waals surface area contributed by atoms with Gasteiger partial charge in [-0.25, -0.2) is 0 Å². The van der Waals surface area contributed by atoms with E-state index < -0.39 is 22.2 Å². The largest absolute Gasteiger partial charge is 0.416 e. The summed E-state index contributed by atoms with van der Waals surface area (Å²) in [4.78, 5) is 0. The van der Waals surface area contributed by atoms with Crippen LogP contribution < -0.4 is 0 Å². The van der Waals surface area contributed by atoms with Gasteiger partial charge in [-0.05, 0) is 59.8 Å². The third-order valence-electron chi connectivity index (χ3n) is 8.32. The van der Waals surface area contributed by atoms with E-state index in [2.05, 4.69) is 79.4 Å². The summed E-state index contributed by atoms with van der Waals surface area (Å²) in [5.41, 5.74) is 2.31. The van der Waals surface area contributed by atoms with Gasteiger partial charge >= 0.3 is 0 Å². The minimum absolute atomic E-state index is 0.00847. The maximum absolute atomic E-state index is 11.6. The molecule has 0 fully saturated rings. The summed E-state index contributed by atoms with van der Waals surface area (Å²) in [6.07, 6.45) is 1.95. The monoisotopic (exact) mass is 544 g/mol. The molecular formula is C31H52O4Si2. The molecule has 0 saturated carbocycles. The highest BCUT2D eigenvalue weighted by molar-refractivity contribution is 6.75. The number of rotatable bonds is 13. The fraction of sp³-hybridized carbons (Fsp3) is 0.613. The van der Waals surface area contributed by atoms with Crippen LogP contribution in [-0.4, -0.2) is 41.2 Å². The first-order valence-corrected chi connectivity index (χ1v) is 19.2. The molecule has 6 heteroatoms. The Morgan fingerprint density at radius 2 is 1.32 bits per heavy atom. The second-order valence-electron chi connectivity index (χ2n) is 13.3. The minimum atomic E-state index is -2.23. The first-order chi connectivity index (χ1) is 17.0. The van der Waals surface area contributed by atoms with E-state index >= 15 is 0 Å². The Morgan fingerprint density at radius 1 is 0.730 bits per heavy atom. The SMILES string of the molecule is CC(C)(C)[Si](C)(C)OCCc1ccccc1[C@](C)(O)CCO[Si@](C)(COCc1ccccc1)C(C)(C)C. The first-order valence-electron chi connectivity index (χ1n) is 13.7. The zero-order valence-corrected chi connectivity index (χ0v) is 27.1. The van der Waals surface area contributed by atoms with Crippen molar-refractivity contribution in [1.82, 2.24) is 0 Å². The summed E-state index contributed by atoms with van der Waals surface area (Å²) in [7, 11) is -4.03. The average molecular weight is 545 g/mol. The van der Waals surface area contributed by atoms with Crippen LogP contribution in [0.4, 0.5) is 0 Å². The van der Waals surface area contributed by atoms with Gasteiger partial charge in [-0.15, -0.1) is 0 Å². The Hall–Kier alpha value is -1.29. The molecule has 2 rings (SSSR count). The molecule has 0 aliphatic heterocycles. The van der Waals surface area contributed by atoms with Gasteiger partial charge in [-0.2, -0.15) is 0 Å². The molecule has 0 aromatic heterocycles. The number of ether oxygens (including phenoxy) is 1. The van der Waals surface area contributed by atoms with Gasteiger partial charge in [0.05, 0.1) is 18.4 Å². The number of hydrogen-bond donors (Lipinski definition) is 1. The molecule has 0 amide bonds. The number of benzene rings is 2. The summed E-state index contributed by atoms with van der Waals surface area (Å²) in [5.74, 6) is 0. The van der Waals surface area contributed by atoms with Gasteiger partial charge in [0.2, 0.25) is 8.32 Å². The summed E-state index contributed by atoms with van der Waals surface area (Å²) in [6, 6.07) is 18.5. The van der Waals surface area contributed by atoms with Crippen LogP contribution in [0.25, 0.3) is 0 Å². The highest BCUT2D eigenvalue weighted by Crippen LogP contribution is 2.39. The normalized spacial score (nSPS) is 16.3. The van der Waals surface area contributed by atoms with E-state index in [4.69, 9.17) is 13.6 Å². The van der Waals surface area contributed by atoms with Crippen molar-refractivity contribution in [3.8, 4) is 0 Å². The van der Waals surface area contributed by atoms with E-state index in [0.29, 0.717) is 32.5 Å². The maximum Gasteiger partial charge on any atom is 0.220 e. The van der Waals surface area contributed by atoms with Crippen LogP contribution in [0.1, 0.15) is 71.6 Å². The third kappa shape index (κ3) is 9.15. The van der Waals surface area contributed by atoms with Crippen LogP contribution in [0.3, 0.4) is 0 Å². The molecule has 0 radical (unpaired) electrons. The van der Waals surface area contributed by atoms with Crippen LogP contribution in [0.2, 0.25) is 29.7 Å². The van der Waals surface area contributed by atoms with Crippen LogP contribution >= 0.6 is 0 Å². The number of aliphatic hydroxyl groups is 1. The molecule has 0 spiro atoms. The lowest BCUT2D eigenvalue weighted by atomic mass is 9.88. The maximum atomic E-state index is 11.6. The van der Waals surface area contributed by atoms with Gasteiger partial charge in [-0.1, -0.05) is 96.1 Å². The lowest BCUT2D eigenvalue weighted by Crippen LogP contribution is -2.49. The van der Waals surface area contributed by atoms with Crippen LogP contribution in [0.15, 0.2) is 54.6 Å². The standard InChI is InChI=1S/C31H52O4Si2/c1-29(2,3)36(8,9)34-22-20-27-18-14-15-19-28(27)31(7,32)21-23-35-37(10,30(4,5)6)25-33-24-26-16-12-11-13-17-26/h11-19,32H,20-25H2,1-10H3/t31-,37-/m1/s1. The van der Waals surface area contributed by atoms with Crippen LogP contribution in [-0.2, 0) is 32.2 Å². The molecule has 2 aromatic carbocycles. The van der Waals surface area contributed by atoms with Crippen molar-refractivity contribution >= 4 is 16.6 Å². The van der Waals surface area contributed by atoms with Crippen LogP contribution in [0, 0.1) is 0 Å². The average Bonchev–Trinajstić information content (AvgIpc) is 2.78. The molecule has 0 heterocycles. The molecule has 37 heavy (non-hydrogen) atoms. The minimum Gasteiger partial charge on any atom is -0.416 e. The van der Waals surface area contributed by atoms with E-state index in [0.717, 1.165) is 17.5 Å². The first kappa shape index (κ1) is 31.9. The molecule has 2 aromatic rings. The quantitative estimate of drug-likeness (QED) is 0.260. The van der Waals surface area contributed by atoms with Gasteiger partial charge in [0.25, 0.3) is 0 Å². The van der Waals surface area contributed by atoms with E-state index in [1.54, 1.807) is 0 Å². The Labute approximate surface area is 229 Å². The summed E-state index contributed by atoms with van der Waals surface area (Å²) < 4.78 is 19.2. The second-order valence-corrected chi connectivity index (χ2v) is 22.7. The zero-order valence-electron chi connectivity index (χ0n) is 25.1. The third-order valence-corrected chi connectivity index (χ3v) is 17.6. The van der Waals surface area contributed by atoms with E-state index in [1.165, 1.54) is 5.56 Å². The Morgan fingerprint density at radius 3 is 1.92 bits per heavy atom. The van der Waals surface area contributed by atoms with E-state index in [-0.39, 0.29) is 10.1 Å². The molecular weight excluding hydrogens is 493 g/mol. The van der Waals surface area contributed by atoms with Gasteiger partial charge in [-0.3, -0.25) is 0 Å². The molecule has 0 saturated heterocycles. The van der Waals surface area contributed by atoms with Gasteiger partial charge in [0.15, 0.2) is 8.32 Å². The summed E-state index contributed by atoms with van der Waals surface area (Å²) in [5, 5.41) is 11.7. The van der Waals surface area contributed by atoms with Crippen molar-refractivity contribution in [2.45, 2.75) is 103 Å². The molecule has 0 aliphatic rings. The summed E-state index contributed by atoms with van der Waals surface area (Å²) in [6.45, 7) is 24.0. The lowest BCUT2D eigenvalue weighted by Gasteiger charge is -2.40. The van der Waals surface area contributed by atoms with Crippen LogP contribution in [0.5, 0.6) is 0 Å². The smallest absolute Gasteiger partial charge is 0.220 e. The predicted molar refractivity (Wildman–Crippen MR) is 161 cm³/mol. The van der Waals surface area contributed by atoms with Gasteiger partial charge < -0.3 is 18.7 Å². The second kappa shape index (κ2) is 12.7. The van der Waals surface area contributed by atoms with Crippen molar-refractivity contribution in [1.29, 1.82) is 0 Å². The lowest BCUT2D eigenvalue weighted by molar-refractivity contribution is 0.0283. The Bertz CT molecular complexity index is 961. The molecule has 0 unspecified atom stereocenters. The van der Waals surface area contributed by atoms with E-state index in [1.807, 2.05) is 43.3 Å². The molecule has 208 valence electrons. The zero-order chi connectivity index (χ0) is 28.0.